The van der Waals surface area contributed by atoms with Crippen LogP contribution in [0.2, 0.25) is 18.1 Å². The van der Waals surface area contributed by atoms with E-state index in [1.807, 2.05) is 6.92 Å². The van der Waals surface area contributed by atoms with Gasteiger partial charge in [0.1, 0.15) is 35.2 Å². The van der Waals surface area contributed by atoms with Gasteiger partial charge < -0.3 is 19.2 Å². The zero-order valence-corrected chi connectivity index (χ0v) is 32.4. The summed E-state index contributed by atoms with van der Waals surface area (Å²) in [5.74, 6) is 0.277. The number of aromatic hydroxyl groups is 1. The second-order valence-corrected chi connectivity index (χ2v) is 22.1. The molecular formula is C41H51F2N5O3Si. The van der Waals surface area contributed by atoms with Gasteiger partial charge >= 0.3 is 6.01 Å². The van der Waals surface area contributed by atoms with Crippen molar-refractivity contribution in [2.24, 2.45) is 11.8 Å². The zero-order valence-electron chi connectivity index (χ0n) is 31.4. The number of phenolic OH excluding ortho intramolecular Hbond substituents is 1. The Kier molecular flexibility index (Phi) is 8.66. The Morgan fingerprint density at radius 2 is 1.92 bits per heavy atom. The van der Waals surface area contributed by atoms with Gasteiger partial charge in [0.05, 0.1) is 10.9 Å². The van der Waals surface area contributed by atoms with Crippen molar-refractivity contribution in [3.8, 4) is 23.0 Å². The third-order valence-corrected chi connectivity index (χ3v) is 17.3. The van der Waals surface area contributed by atoms with E-state index in [0.717, 1.165) is 58.3 Å². The number of phenols is 1. The molecule has 1 unspecified atom stereocenters. The van der Waals surface area contributed by atoms with Gasteiger partial charge in [-0.3, -0.25) is 9.88 Å². The van der Waals surface area contributed by atoms with Gasteiger partial charge in [-0.05, 0) is 104 Å². The minimum absolute atomic E-state index is 0.00139. The summed E-state index contributed by atoms with van der Waals surface area (Å²) in [6.07, 6.45) is 7.26. The molecule has 8 nitrogen and oxygen atoms in total. The van der Waals surface area contributed by atoms with Crippen LogP contribution in [0.4, 0.5) is 14.6 Å². The van der Waals surface area contributed by atoms with Crippen LogP contribution in [0.1, 0.15) is 65.4 Å². The van der Waals surface area contributed by atoms with Gasteiger partial charge in [0.15, 0.2) is 14.1 Å². The minimum atomic E-state index is -1.98. The van der Waals surface area contributed by atoms with Gasteiger partial charge in [0.2, 0.25) is 0 Å². The normalized spacial score (nSPS) is 25.1. The molecule has 1 aliphatic carbocycles. The Morgan fingerprint density at radius 1 is 1.12 bits per heavy atom. The first-order valence-corrected chi connectivity index (χ1v) is 21.8. The summed E-state index contributed by atoms with van der Waals surface area (Å²) in [5.41, 5.74) is 1.90. The summed E-state index contributed by atoms with van der Waals surface area (Å²) in [6.45, 7) is 21.4. The summed E-state index contributed by atoms with van der Waals surface area (Å²) in [6, 6.07) is 6.15. The molecule has 8 rings (SSSR count). The van der Waals surface area contributed by atoms with E-state index in [2.05, 4.69) is 55.2 Å². The van der Waals surface area contributed by atoms with Crippen molar-refractivity contribution in [3.63, 3.8) is 0 Å². The number of fused-ring (bicyclic) bond motifs is 5. The molecule has 2 aromatic carbocycles. The van der Waals surface area contributed by atoms with Gasteiger partial charge in [-0.25, -0.2) is 8.78 Å². The first kappa shape index (κ1) is 35.4. The molecule has 276 valence electrons. The third-order valence-electron chi connectivity index (χ3n) is 12.8. The number of halogens is 2. The number of benzene rings is 2. The quantitative estimate of drug-likeness (QED) is 0.143. The number of pyridine rings is 1. The van der Waals surface area contributed by atoms with Crippen molar-refractivity contribution in [3.05, 3.63) is 59.8 Å². The first-order chi connectivity index (χ1) is 24.7. The molecule has 0 spiro atoms. The van der Waals surface area contributed by atoms with Gasteiger partial charge in [-0.15, -0.1) is 0 Å². The molecule has 0 radical (unpaired) electrons. The van der Waals surface area contributed by atoms with Crippen LogP contribution in [0, 0.1) is 23.5 Å². The molecule has 3 aliphatic heterocycles. The number of piperidine rings is 1. The fourth-order valence-electron chi connectivity index (χ4n) is 9.27. The summed E-state index contributed by atoms with van der Waals surface area (Å²) < 4.78 is 45.8. The van der Waals surface area contributed by atoms with Crippen LogP contribution >= 0.6 is 0 Å². The lowest BCUT2D eigenvalue weighted by molar-refractivity contribution is 0.108. The number of hydrogen-bond acceptors (Lipinski definition) is 8. The van der Waals surface area contributed by atoms with Crippen LogP contribution in [0.3, 0.4) is 0 Å². The number of aryl methyl sites for hydroxylation is 1. The molecule has 3 saturated heterocycles. The molecule has 4 aliphatic rings. The van der Waals surface area contributed by atoms with Gasteiger partial charge in [0, 0.05) is 43.4 Å². The van der Waals surface area contributed by atoms with Crippen molar-refractivity contribution in [2.45, 2.75) is 96.0 Å². The van der Waals surface area contributed by atoms with Crippen molar-refractivity contribution in [2.75, 3.05) is 37.7 Å². The molecular weight excluding hydrogens is 677 g/mol. The summed E-state index contributed by atoms with van der Waals surface area (Å²) >= 11 is 0. The fraction of sp³-hybridized carbons (Fsp3) is 0.537. The van der Waals surface area contributed by atoms with Crippen molar-refractivity contribution >= 4 is 35.8 Å². The number of aromatic nitrogens is 3. The first-order valence-electron chi connectivity index (χ1n) is 18.9. The monoisotopic (exact) mass is 727 g/mol. The Hall–Kier alpha value is -3.67. The Bertz CT molecular complexity index is 2090. The maximum atomic E-state index is 17.2. The lowest BCUT2D eigenvalue weighted by Crippen LogP contribution is -2.46. The van der Waals surface area contributed by atoms with Crippen LogP contribution in [-0.2, 0) is 10.8 Å². The van der Waals surface area contributed by atoms with E-state index in [0.29, 0.717) is 58.0 Å². The smallest absolute Gasteiger partial charge is 0.319 e. The van der Waals surface area contributed by atoms with Crippen LogP contribution < -0.4 is 9.64 Å². The highest BCUT2D eigenvalue weighted by molar-refractivity contribution is 6.74. The van der Waals surface area contributed by atoms with E-state index in [9.17, 15) is 5.11 Å². The van der Waals surface area contributed by atoms with Crippen molar-refractivity contribution < 1.29 is 23.1 Å². The van der Waals surface area contributed by atoms with Crippen molar-refractivity contribution in [1.29, 1.82) is 0 Å². The van der Waals surface area contributed by atoms with Gasteiger partial charge in [-0.2, -0.15) is 9.97 Å². The topological polar surface area (TPSA) is 83.8 Å². The molecule has 0 amide bonds. The molecule has 1 N–H and O–H groups in total. The summed E-state index contributed by atoms with van der Waals surface area (Å²) in [7, 11) is -1.98. The Labute approximate surface area is 306 Å². The Balaban J connectivity index is 1.22. The molecule has 11 heteroatoms. The Morgan fingerprint density at radius 3 is 2.69 bits per heavy atom. The highest BCUT2D eigenvalue weighted by atomic mass is 28.4. The predicted octanol–water partition coefficient (Wildman–Crippen LogP) is 8.80. The van der Waals surface area contributed by atoms with Crippen molar-refractivity contribution in [1.82, 2.24) is 19.9 Å². The third kappa shape index (κ3) is 5.96. The average Bonchev–Trinajstić information content (AvgIpc) is 3.70. The molecule has 2 aromatic heterocycles. The number of rotatable bonds is 8. The SMILES string of the molecule is C=C1CN2CCCC2(COc2nc(N3C[C@@H]4C[C@H](C3)[C@H](O[Si](C)(C)C(C)(C)C)C4)c3cnc(-c4cc(O)cc5ccc(F)c(CC)c45)c(F)c3n2)C1. The highest BCUT2D eigenvalue weighted by Gasteiger charge is 2.48. The number of anilines is 1. The molecule has 1 saturated carbocycles. The molecule has 4 fully saturated rings. The molecule has 52 heavy (non-hydrogen) atoms. The molecule has 5 heterocycles. The second-order valence-electron chi connectivity index (χ2n) is 17.4. The molecule has 2 bridgehead atoms. The maximum Gasteiger partial charge on any atom is 0.319 e. The largest absolute Gasteiger partial charge is 0.508 e. The number of ether oxygens (including phenoxy) is 1. The number of hydrogen-bond donors (Lipinski definition) is 1. The average molecular weight is 728 g/mol. The van der Waals surface area contributed by atoms with E-state index >= 15 is 8.78 Å². The summed E-state index contributed by atoms with van der Waals surface area (Å²) in [5, 5.41) is 12.5. The number of nitrogens with zero attached hydrogens (tertiary/aromatic N) is 5. The van der Waals surface area contributed by atoms with Gasteiger partial charge in [0.25, 0.3) is 0 Å². The van der Waals surface area contributed by atoms with Crippen LogP contribution in [0.25, 0.3) is 32.9 Å². The fourth-order valence-corrected chi connectivity index (χ4v) is 10.7. The van der Waals surface area contributed by atoms with Crippen LogP contribution in [0.15, 0.2) is 42.6 Å². The van der Waals surface area contributed by atoms with E-state index < -0.39 is 14.1 Å². The maximum absolute atomic E-state index is 17.2. The van der Waals surface area contributed by atoms with Gasteiger partial charge in [-0.1, -0.05) is 45.9 Å². The lowest BCUT2D eigenvalue weighted by Gasteiger charge is -2.40. The zero-order chi connectivity index (χ0) is 36.7. The molecule has 4 atom stereocenters. The predicted molar refractivity (Wildman–Crippen MR) is 205 cm³/mol. The molecule has 4 aromatic rings. The van der Waals surface area contributed by atoms with Crippen LogP contribution in [-0.4, -0.2) is 77.7 Å². The highest BCUT2D eigenvalue weighted by Crippen LogP contribution is 2.47. The van der Waals surface area contributed by atoms with E-state index in [1.54, 1.807) is 18.3 Å². The lowest BCUT2D eigenvalue weighted by atomic mass is 9.94. The standard InChI is InChI=1S/C41H51F2N5O3Si/c1-8-29-32(42)11-10-26-16-28(49)17-30(34(26)29)36-35(43)37-31(19-44-36)38(46-39(45-37)50-23-41-12-9-13-48(41)20-24(2)18-41)47-21-25-14-27(22-47)33(15-25)51-52(6,7)40(3,4)5/h10-11,16-17,19,25,27,33,49H,2,8-9,12-15,18,20-23H2,1,3-7H3/t25-,27-,33-,41?/m1/s1. The second kappa shape index (κ2) is 12.7. The van der Waals surface area contributed by atoms with E-state index in [-0.39, 0.29) is 45.5 Å². The summed E-state index contributed by atoms with van der Waals surface area (Å²) in [4.78, 5) is 19.1. The minimum Gasteiger partial charge on any atom is -0.508 e. The van der Waals surface area contributed by atoms with E-state index in [4.69, 9.17) is 19.1 Å². The van der Waals surface area contributed by atoms with E-state index in [1.165, 1.54) is 17.7 Å². The van der Waals surface area contributed by atoms with Crippen LogP contribution in [0.5, 0.6) is 11.8 Å².